The van der Waals surface area contributed by atoms with Crippen molar-refractivity contribution in [3.8, 4) is 5.75 Å². The van der Waals surface area contributed by atoms with Gasteiger partial charge in [-0.15, -0.1) is 0 Å². The van der Waals surface area contributed by atoms with Crippen LogP contribution in [-0.2, 0) is 16.6 Å². The molecule has 6 nitrogen and oxygen atoms in total. The van der Waals surface area contributed by atoms with E-state index in [1.54, 1.807) is 32.2 Å². The van der Waals surface area contributed by atoms with Crippen LogP contribution in [0.3, 0.4) is 0 Å². The zero-order valence-corrected chi connectivity index (χ0v) is 17.9. The standard InChI is InChI=1S/C21H30N2O4S/c1-15-11-20(26-4)5-6-21(15)28(24,25)22-13-18-7-9-23(10-8-18)14-19-12-16(2)27-17(19)3/h5-6,11-12,18,22H,7-10,13-14H2,1-4H3. The van der Waals surface area contributed by atoms with Crippen LogP contribution in [0.15, 0.2) is 33.6 Å². The molecule has 1 aliphatic heterocycles. The number of furan rings is 1. The molecule has 0 saturated carbocycles. The van der Waals surface area contributed by atoms with Crippen LogP contribution in [0.2, 0.25) is 0 Å². The van der Waals surface area contributed by atoms with Gasteiger partial charge in [-0.3, -0.25) is 4.90 Å². The lowest BCUT2D eigenvalue weighted by molar-refractivity contribution is 0.178. The van der Waals surface area contributed by atoms with Gasteiger partial charge in [-0.05, 0) is 82.4 Å². The molecular weight excluding hydrogens is 376 g/mol. The Bertz CT molecular complexity index is 912. The Kier molecular flexibility index (Phi) is 6.47. The summed E-state index contributed by atoms with van der Waals surface area (Å²) < 4.78 is 38.9. The Balaban J connectivity index is 1.51. The van der Waals surface area contributed by atoms with Gasteiger partial charge >= 0.3 is 0 Å². The lowest BCUT2D eigenvalue weighted by Crippen LogP contribution is -2.38. The fraction of sp³-hybridized carbons (Fsp3) is 0.524. The van der Waals surface area contributed by atoms with Crippen LogP contribution < -0.4 is 9.46 Å². The number of ether oxygens (including phenoxy) is 1. The predicted molar refractivity (Wildman–Crippen MR) is 109 cm³/mol. The molecule has 0 amide bonds. The number of benzene rings is 1. The second-order valence-electron chi connectivity index (χ2n) is 7.64. The van der Waals surface area contributed by atoms with Gasteiger partial charge in [0.15, 0.2) is 0 Å². The highest BCUT2D eigenvalue weighted by Gasteiger charge is 2.23. The number of methoxy groups -OCH3 is 1. The minimum Gasteiger partial charge on any atom is -0.497 e. The van der Waals surface area contributed by atoms with Gasteiger partial charge in [0, 0.05) is 18.7 Å². The summed E-state index contributed by atoms with van der Waals surface area (Å²) in [6.45, 7) is 9.08. The Morgan fingerprint density at radius 1 is 1.18 bits per heavy atom. The molecule has 2 aromatic rings. The highest BCUT2D eigenvalue weighted by atomic mass is 32.2. The van der Waals surface area contributed by atoms with E-state index in [0.717, 1.165) is 44.0 Å². The Morgan fingerprint density at radius 2 is 1.89 bits per heavy atom. The minimum absolute atomic E-state index is 0.316. The van der Waals surface area contributed by atoms with E-state index in [2.05, 4.69) is 15.7 Å². The maximum atomic E-state index is 12.7. The third kappa shape index (κ3) is 4.96. The van der Waals surface area contributed by atoms with Crippen molar-refractivity contribution >= 4 is 10.0 Å². The van der Waals surface area contributed by atoms with Crippen molar-refractivity contribution in [2.45, 2.75) is 45.1 Å². The fourth-order valence-electron chi connectivity index (χ4n) is 3.79. The van der Waals surface area contributed by atoms with Gasteiger partial charge in [-0.25, -0.2) is 13.1 Å². The summed E-state index contributed by atoms with van der Waals surface area (Å²) in [6.07, 6.45) is 1.97. The highest BCUT2D eigenvalue weighted by Crippen LogP contribution is 2.23. The van der Waals surface area contributed by atoms with Crippen LogP contribution in [-0.4, -0.2) is 40.1 Å². The molecule has 1 fully saturated rings. The second-order valence-corrected chi connectivity index (χ2v) is 9.38. The zero-order chi connectivity index (χ0) is 20.3. The molecule has 1 aromatic carbocycles. The van der Waals surface area contributed by atoms with E-state index in [4.69, 9.17) is 9.15 Å². The number of sulfonamides is 1. The van der Waals surface area contributed by atoms with Crippen molar-refractivity contribution in [1.82, 2.24) is 9.62 Å². The summed E-state index contributed by atoms with van der Waals surface area (Å²) in [6, 6.07) is 7.13. The van der Waals surface area contributed by atoms with Gasteiger partial charge in [0.05, 0.1) is 12.0 Å². The number of nitrogens with one attached hydrogen (secondary N) is 1. The lowest BCUT2D eigenvalue weighted by atomic mass is 9.97. The highest BCUT2D eigenvalue weighted by molar-refractivity contribution is 7.89. The molecule has 1 saturated heterocycles. The van der Waals surface area contributed by atoms with E-state index < -0.39 is 10.0 Å². The molecule has 7 heteroatoms. The largest absolute Gasteiger partial charge is 0.497 e. The average molecular weight is 407 g/mol. The topological polar surface area (TPSA) is 71.8 Å². The summed E-state index contributed by atoms with van der Waals surface area (Å²) in [5.41, 5.74) is 1.93. The van der Waals surface area contributed by atoms with Crippen molar-refractivity contribution in [3.63, 3.8) is 0 Å². The lowest BCUT2D eigenvalue weighted by Gasteiger charge is -2.31. The van der Waals surface area contributed by atoms with Crippen molar-refractivity contribution < 1.29 is 17.6 Å². The number of rotatable bonds is 7. The van der Waals surface area contributed by atoms with Crippen molar-refractivity contribution in [1.29, 1.82) is 0 Å². The van der Waals surface area contributed by atoms with E-state index in [1.165, 1.54) is 5.56 Å². The Hall–Kier alpha value is -1.83. The van der Waals surface area contributed by atoms with E-state index in [-0.39, 0.29) is 0 Å². The molecule has 0 aliphatic carbocycles. The predicted octanol–water partition coefficient (Wildman–Crippen LogP) is 3.40. The van der Waals surface area contributed by atoms with Crippen LogP contribution >= 0.6 is 0 Å². The van der Waals surface area contributed by atoms with Crippen LogP contribution in [0.5, 0.6) is 5.75 Å². The maximum absolute atomic E-state index is 12.7. The molecule has 1 N–H and O–H groups in total. The number of piperidine rings is 1. The molecule has 2 heterocycles. The maximum Gasteiger partial charge on any atom is 0.240 e. The van der Waals surface area contributed by atoms with Gasteiger partial charge in [0.25, 0.3) is 0 Å². The molecule has 0 radical (unpaired) electrons. The zero-order valence-electron chi connectivity index (χ0n) is 17.1. The summed E-state index contributed by atoms with van der Waals surface area (Å²) in [5.74, 6) is 2.96. The van der Waals surface area contributed by atoms with E-state index in [0.29, 0.717) is 28.7 Å². The number of hydrogen-bond acceptors (Lipinski definition) is 5. The molecule has 28 heavy (non-hydrogen) atoms. The average Bonchev–Trinajstić information content (AvgIpc) is 2.97. The van der Waals surface area contributed by atoms with E-state index >= 15 is 0 Å². The van der Waals surface area contributed by atoms with Crippen molar-refractivity contribution in [2.75, 3.05) is 26.7 Å². The SMILES string of the molecule is COc1ccc(S(=O)(=O)NCC2CCN(Cc3cc(C)oc3C)CC2)c(C)c1. The number of hydrogen-bond donors (Lipinski definition) is 1. The molecular formula is C21H30N2O4S. The molecule has 0 atom stereocenters. The van der Waals surface area contributed by atoms with Crippen LogP contribution in [0.1, 0.15) is 35.5 Å². The van der Waals surface area contributed by atoms with Gasteiger partial charge < -0.3 is 9.15 Å². The second kappa shape index (κ2) is 8.68. The number of likely N-dealkylation sites (tertiary alicyclic amines) is 1. The molecule has 0 bridgehead atoms. The van der Waals surface area contributed by atoms with E-state index in [9.17, 15) is 8.42 Å². The quantitative estimate of drug-likeness (QED) is 0.763. The van der Waals surface area contributed by atoms with Crippen LogP contribution in [0.25, 0.3) is 0 Å². The number of aryl methyl sites for hydroxylation is 3. The first kappa shape index (κ1) is 20.9. The van der Waals surface area contributed by atoms with Crippen molar-refractivity contribution in [3.05, 3.63) is 46.9 Å². The van der Waals surface area contributed by atoms with Crippen molar-refractivity contribution in [2.24, 2.45) is 5.92 Å². The first-order valence-corrected chi connectivity index (χ1v) is 11.2. The third-order valence-corrected chi connectivity index (χ3v) is 7.06. The third-order valence-electron chi connectivity index (χ3n) is 5.48. The molecule has 0 unspecified atom stereocenters. The minimum atomic E-state index is -3.51. The summed E-state index contributed by atoms with van der Waals surface area (Å²) in [7, 11) is -1.94. The first-order chi connectivity index (χ1) is 13.3. The molecule has 154 valence electrons. The Labute approximate surface area is 167 Å². The summed E-state index contributed by atoms with van der Waals surface area (Å²) in [4.78, 5) is 2.73. The van der Waals surface area contributed by atoms with Crippen LogP contribution in [0.4, 0.5) is 0 Å². The van der Waals surface area contributed by atoms with Gasteiger partial charge in [-0.1, -0.05) is 0 Å². The molecule has 1 aromatic heterocycles. The van der Waals surface area contributed by atoms with Crippen LogP contribution in [0, 0.1) is 26.7 Å². The number of nitrogens with zero attached hydrogens (tertiary/aromatic N) is 1. The van der Waals surface area contributed by atoms with Gasteiger partial charge in [-0.2, -0.15) is 0 Å². The van der Waals surface area contributed by atoms with E-state index in [1.807, 2.05) is 13.8 Å². The smallest absolute Gasteiger partial charge is 0.240 e. The first-order valence-electron chi connectivity index (χ1n) is 9.71. The molecule has 3 rings (SSSR count). The molecule has 1 aliphatic rings. The van der Waals surface area contributed by atoms with Gasteiger partial charge in [0.1, 0.15) is 17.3 Å². The monoisotopic (exact) mass is 406 g/mol. The normalized spacial score (nSPS) is 16.4. The summed E-state index contributed by atoms with van der Waals surface area (Å²) >= 11 is 0. The fourth-order valence-corrected chi connectivity index (χ4v) is 5.13. The Morgan fingerprint density at radius 3 is 2.46 bits per heavy atom. The molecule has 0 spiro atoms. The van der Waals surface area contributed by atoms with Gasteiger partial charge in [0.2, 0.25) is 10.0 Å². The summed E-state index contributed by atoms with van der Waals surface area (Å²) in [5, 5.41) is 0.